The molecule has 2 aromatic rings. The van der Waals surface area contributed by atoms with Crippen LogP contribution in [0.15, 0.2) is 54.6 Å². The van der Waals surface area contributed by atoms with E-state index in [2.05, 4.69) is 4.74 Å². The van der Waals surface area contributed by atoms with Gasteiger partial charge < -0.3 is 10.5 Å². The quantitative estimate of drug-likeness (QED) is 0.875. The van der Waals surface area contributed by atoms with Gasteiger partial charge in [-0.05, 0) is 41.0 Å². The molecule has 3 nitrogen and oxygen atoms in total. The smallest absolute Gasteiger partial charge is 0.406 e. The lowest BCUT2D eigenvalue weighted by Gasteiger charge is -2.09. The molecule has 0 saturated heterocycles. The van der Waals surface area contributed by atoms with E-state index in [4.69, 9.17) is 5.73 Å². The van der Waals surface area contributed by atoms with Crippen LogP contribution in [-0.2, 0) is 4.79 Å². The van der Waals surface area contributed by atoms with Crippen molar-refractivity contribution in [2.75, 3.05) is 0 Å². The third-order valence-electron chi connectivity index (χ3n) is 2.75. The molecule has 0 aliphatic heterocycles. The fourth-order valence-electron chi connectivity index (χ4n) is 1.85. The molecule has 0 heterocycles. The molecule has 0 aliphatic carbocycles. The summed E-state index contributed by atoms with van der Waals surface area (Å²) in [6.45, 7) is 0. The minimum Gasteiger partial charge on any atom is -0.406 e. The summed E-state index contributed by atoms with van der Waals surface area (Å²) in [6, 6.07) is 12.7. The summed E-state index contributed by atoms with van der Waals surface area (Å²) in [5.74, 6) is -0.833. The highest BCUT2D eigenvalue weighted by Crippen LogP contribution is 2.27. The molecular weight excluding hydrogens is 295 g/mol. The molecule has 0 radical (unpaired) electrons. The highest BCUT2D eigenvalue weighted by atomic mass is 19.4. The second kappa shape index (κ2) is 6.34. The lowest BCUT2D eigenvalue weighted by Crippen LogP contribution is -2.16. The molecule has 2 rings (SSSR count). The molecule has 0 bridgehead atoms. The molecule has 0 aliphatic rings. The van der Waals surface area contributed by atoms with Gasteiger partial charge >= 0.3 is 6.36 Å². The summed E-state index contributed by atoms with van der Waals surface area (Å²) in [5, 5.41) is 0. The average Bonchev–Trinajstić information content (AvgIpc) is 2.44. The van der Waals surface area contributed by atoms with Gasteiger partial charge in [0.05, 0.1) is 0 Å². The van der Waals surface area contributed by atoms with Gasteiger partial charge in [0, 0.05) is 6.08 Å². The minimum absolute atomic E-state index is 0.277. The van der Waals surface area contributed by atoms with Gasteiger partial charge in [0.1, 0.15) is 5.75 Å². The fraction of sp³-hybridized carbons (Fsp3) is 0.0625. The van der Waals surface area contributed by atoms with E-state index < -0.39 is 12.3 Å². The zero-order chi connectivity index (χ0) is 16.2. The highest BCUT2D eigenvalue weighted by Gasteiger charge is 2.30. The van der Waals surface area contributed by atoms with Crippen molar-refractivity contribution < 1.29 is 22.7 Å². The van der Waals surface area contributed by atoms with E-state index in [0.717, 1.165) is 16.7 Å². The van der Waals surface area contributed by atoms with Crippen LogP contribution in [-0.4, -0.2) is 12.3 Å². The third kappa shape index (κ3) is 4.66. The zero-order valence-electron chi connectivity index (χ0n) is 11.3. The van der Waals surface area contributed by atoms with Crippen LogP contribution in [0.1, 0.15) is 5.56 Å². The Morgan fingerprint density at radius 2 is 1.73 bits per heavy atom. The van der Waals surface area contributed by atoms with Crippen molar-refractivity contribution in [1.82, 2.24) is 0 Å². The fourth-order valence-corrected chi connectivity index (χ4v) is 1.85. The van der Waals surface area contributed by atoms with Gasteiger partial charge in [0.15, 0.2) is 0 Å². The molecule has 0 saturated carbocycles. The van der Waals surface area contributed by atoms with Gasteiger partial charge in [0.25, 0.3) is 0 Å². The van der Waals surface area contributed by atoms with Crippen molar-refractivity contribution in [1.29, 1.82) is 0 Å². The number of nitrogens with two attached hydrogens (primary N) is 1. The van der Waals surface area contributed by atoms with E-state index in [1.165, 1.54) is 30.3 Å². The number of carbonyl (C=O) groups is 1. The lowest BCUT2D eigenvalue weighted by molar-refractivity contribution is -0.274. The predicted molar refractivity (Wildman–Crippen MR) is 76.8 cm³/mol. The van der Waals surface area contributed by atoms with Crippen molar-refractivity contribution in [3.63, 3.8) is 0 Å². The Bertz CT molecular complexity index is 691. The van der Waals surface area contributed by atoms with Gasteiger partial charge in [-0.1, -0.05) is 30.3 Å². The molecular formula is C16H12F3NO2. The number of hydrogen-bond donors (Lipinski definition) is 1. The maximum absolute atomic E-state index is 12.1. The van der Waals surface area contributed by atoms with E-state index in [0.29, 0.717) is 0 Å². The molecule has 0 spiro atoms. The summed E-state index contributed by atoms with van der Waals surface area (Å²) in [5.41, 5.74) is 7.30. The zero-order valence-corrected chi connectivity index (χ0v) is 11.3. The number of halogens is 3. The van der Waals surface area contributed by atoms with E-state index in [1.54, 1.807) is 30.3 Å². The standard InChI is InChI=1S/C16H12F3NO2/c17-16(18,19)22-14-7-5-12(6-8-14)13-3-1-2-11(10-13)4-9-15(20)21/h1-10H,(H2,20,21)/b9-4-. The Labute approximate surface area is 124 Å². The van der Waals surface area contributed by atoms with Crippen molar-refractivity contribution in [2.24, 2.45) is 5.73 Å². The number of rotatable bonds is 4. The maximum atomic E-state index is 12.1. The van der Waals surface area contributed by atoms with Gasteiger partial charge in [0.2, 0.25) is 5.91 Å². The molecule has 0 atom stereocenters. The first-order valence-corrected chi connectivity index (χ1v) is 6.27. The number of alkyl halides is 3. The number of benzene rings is 2. The highest BCUT2D eigenvalue weighted by molar-refractivity contribution is 5.90. The van der Waals surface area contributed by atoms with Crippen LogP contribution in [0.3, 0.4) is 0 Å². The summed E-state index contributed by atoms with van der Waals surface area (Å²) in [7, 11) is 0. The summed E-state index contributed by atoms with van der Waals surface area (Å²) < 4.78 is 40.1. The van der Waals surface area contributed by atoms with Crippen LogP contribution >= 0.6 is 0 Å². The van der Waals surface area contributed by atoms with Gasteiger partial charge in [-0.25, -0.2) is 0 Å². The second-order valence-corrected chi connectivity index (χ2v) is 4.43. The van der Waals surface area contributed by atoms with Crippen LogP contribution < -0.4 is 10.5 Å². The third-order valence-corrected chi connectivity index (χ3v) is 2.75. The Morgan fingerprint density at radius 3 is 2.32 bits per heavy atom. The average molecular weight is 307 g/mol. The van der Waals surface area contributed by atoms with Crippen LogP contribution in [0.4, 0.5) is 13.2 Å². The summed E-state index contributed by atoms with van der Waals surface area (Å²) in [4.78, 5) is 10.7. The lowest BCUT2D eigenvalue weighted by atomic mass is 10.0. The Hall–Kier alpha value is -2.76. The van der Waals surface area contributed by atoms with E-state index in [1.807, 2.05) is 0 Å². The topological polar surface area (TPSA) is 52.3 Å². The van der Waals surface area contributed by atoms with Crippen molar-refractivity contribution in [2.45, 2.75) is 6.36 Å². The molecule has 0 fully saturated rings. The summed E-state index contributed by atoms with van der Waals surface area (Å²) >= 11 is 0. The van der Waals surface area contributed by atoms with E-state index >= 15 is 0 Å². The molecule has 2 N–H and O–H groups in total. The van der Waals surface area contributed by atoms with Crippen LogP contribution in [0.25, 0.3) is 17.2 Å². The molecule has 2 aromatic carbocycles. The molecule has 1 amide bonds. The van der Waals surface area contributed by atoms with E-state index in [-0.39, 0.29) is 5.75 Å². The largest absolute Gasteiger partial charge is 0.573 e. The van der Waals surface area contributed by atoms with Crippen LogP contribution in [0, 0.1) is 0 Å². The number of hydrogen-bond acceptors (Lipinski definition) is 2. The maximum Gasteiger partial charge on any atom is 0.573 e. The number of primary amides is 1. The van der Waals surface area contributed by atoms with Crippen LogP contribution in [0.2, 0.25) is 0 Å². The van der Waals surface area contributed by atoms with Crippen molar-refractivity contribution in [3.05, 3.63) is 60.2 Å². The van der Waals surface area contributed by atoms with Gasteiger partial charge in [-0.15, -0.1) is 13.2 Å². The molecule has 0 aromatic heterocycles. The second-order valence-electron chi connectivity index (χ2n) is 4.43. The molecule has 0 unspecified atom stereocenters. The SMILES string of the molecule is NC(=O)/C=C\c1cccc(-c2ccc(OC(F)(F)F)cc2)c1. The molecule has 22 heavy (non-hydrogen) atoms. The minimum atomic E-state index is -4.71. The first kappa shape index (κ1) is 15.6. The normalized spacial score (nSPS) is 11.6. The Balaban J connectivity index is 2.21. The van der Waals surface area contributed by atoms with Crippen LogP contribution in [0.5, 0.6) is 5.75 Å². The Morgan fingerprint density at radius 1 is 1.05 bits per heavy atom. The first-order valence-electron chi connectivity index (χ1n) is 6.27. The monoisotopic (exact) mass is 307 g/mol. The first-order chi connectivity index (χ1) is 10.3. The molecule has 114 valence electrons. The number of ether oxygens (including phenoxy) is 1. The van der Waals surface area contributed by atoms with Crippen molar-refractivity contribution >= 4 is 12.0 Å². The Kier molecular flexibility index (Phi) is 4.50. The number of carbonyl (C=O) groups excluding carboxylic acids is 1. The van der Waals surface area contributed by atoms with Gasteiger partial charge in [-0.2, -0.15) is 0 Å². The predicted octanol–water partition coefficient (Wildman–Crippen LogP) is 3.75. The molecule has 6 heteroatoms. The number of amides is 1. The van der Waals surface area contributed by atoms with E-state index in [9.17, 15) is 18.0 Å². The summed E-state index contributed by atoms with van der Waals surface area (Å²) in [6.07, 6.45) is -1.91. The van der Waals surface area contributed by atoms with Crippen molar-refractivity contribution in [3.8, 4) is 16.9 Å². The van der Waals surface area contributed by atoms with Gasteiger partial charge in [-0.3, -0.25) is 4.79 Å².